The summed E-state index contributed by atoms with van der Waals surface area (Å²) < 4.78 is 19.5. The molecule has 0 saturated carbocycles. The highest BCUT2D eigenvalue weighted by Gasteiger charge is 2.40. The zero-order chi connectivity index (χ0) is 22.4. The summed E-state index contributed by atoms with van der Waals surface area (Å²) in [5.41, 5.74) is 3.03. The van der Waals surface area contributed by atoms with Crippen molar-refractivity contribution in [1.82, 2.24) is 14.9 Å². The molecular formula is C24H16Cl2FN3O2. The van der Waals surface area contributed by atoms with Gasteiger partial charge in [-0.3, -0.25) is 4.79 Å². The first-order valence-electron chi connectivity index (χ1n) is 9.80. The number of amides is 1. The highest BCUT2D eigenvalue weighted by atomic mass is 35.5. The number of nitrogens with zero attached hydrogens (tertiary/aromatic N) is 3. The normalized spacial score (nSPS) is 15.3. The Morgan fingerprint density at radius 3 is 2.62 bits per heavy atom. The van der Waals surface area contributed by atoms with Crippen LogP contribution in [-0.2, 0) is 6.54 Å². The molecule has 2 heterocycles. The minimum Gasteiger partial charge on any atom is -0.497 e. The molecule has 5 nitrogen and oxygen atoms in total. The largest absolute Gasteiger partial charge is 0.497 e. The monoisotopic (exact) mass is 467 g/mol. The van der Waals surface area contributed by atoms with Gasteiger partial charge in [-0.2, -0.15) is 0 Å². The Labute approximate surface area is 193 Å². The standard InChI is InChI=1S/C24H16Cl2FN3O2/c1-32-16-6-2-13(3-7-16)12-30-22(18-10-15(27)5-9-19(18)25)20-17(23(30)31)8-4-14-11-28-24(26)29-21(14)20/h2-11,22H,12H2,1H3. The van der Waals surface area contributed by atoms with Crippen molar-refractivity contribution >= 4 is 40.0 Å². The van der Waals surface area contributed by atoms with Crippen LogP contribution in [0.25, 0.3) is 10.9 Å². The number of hydrogen-bond donors (Lipinski definition) is 0. The smallest absolute Gasteiger partial charge is 0.255 e. The molecule has 160 valence electrons. The van der Waals surface area contributed by atoms with Crippen molar-refractivity contribution in [2.45, 2.75) is 12.6 Å². The zero-order valence-electron chi connectivity index (χ0n) is 16.8. The van der Waals surface area contributed by atoms with Gasteiger partial charge in [-0.05, 0) is 53.6 Å². The fourth-order valence-corrected chi connectivity index (χ4v) is 4.48. The van der Waals surface area contributed by atoms with Crippen LogP contribution in [0, 0.1) is 5.82 Å². The fraction of sp³-hybridized carbons (Fsp3) is 0.125. The van der Waals surface area contributed by atoms with Crippen LogP contribution in [0.2, 0.25) is 10.3 Å². The molecule has 1 aliphatic heterocycles. The molecule has 5 rings (SSSR count). The third-order valence-electron chi connectivity index (χ3n) is 5.60. The van der Waals surface area contributed by atoms with Gasteiger partial charge in [0.1, 0.15) is 11.6 Å². The summed E-state index contributed by atoms with van der Waals surface area (Å²) in [6, 6.07) is 14.5. The van der Waals surface area contributed by atoms with E-state index >= 15 is 0 Å². The van der Waals surface area contributed by atoms with Gasteiger partial charge in [0.15, 0.2) is 0 Å². The lowest BCUT2D eigenvalue weighted by Gasteiger charge is -2.27. The Morgan fingerprint density at radius 2 is 1.88 bits per heavy atom. The molecular weight excluding hydrogens is 452 g/mol. The van der Waals surface area contributed by atoms with Crippen molar-refractivity contribution in [1.29, 1.82) is 0 Å². The van der Waals surface area contributed by atoms with E-state index in [-0.39, 0.29) is 17.7 Å². The maximum absolute atomic E-state index is 14.3. The summed E-state index contributed by atoms with van der Waals surface area (Å²) in [5, 5.41) is 1.15. The molecule has 0 fully saturated rings. The molecule has 0 N–H and O–H groups in total. The van der Waals surface area contributed by atoms with E-state index in [1.807, 2.05) is 24.3 Å². The Hall–Kier alpha value is -3.22. The fourth-order valence-electron chi connectivity index (χ4n) is 4.13. The summed E-state index contributed by atoms with van der Waals surface area (Å²) in [4.78, 5) is 23.6. The highest BCUT2D eigenvalue weighted by molar-refractivity contribution is 6.31. The number of carbonyl (C=O) groups is 1. The third kappa shape index (κ3) is 3.45. The molecule has 1 atom stereocenters. The molecule has 4 aromatic rings. The Kier molecular flexibility index (Phi) is 5.19. The van der Waals surface area contributed by atoms with Crippen molar-refractivity contribution in [2.75, 3.05) is 7.11 Å². The van der Waals surface area contributed by atoms with E-state index in [2.05, 4.69) is 9.97 Å². The lowest BCUT2D eigenvalue weighted by atomic mass is 9.95. The van der Waals surface area contributed by atoms with E-state index in [0.29, 0.717) is 33.0 Å². The van der Waals surface area contributed by atoms with Crippen LogP contribution in [0.15, 0.2) is 60.8 Å². The molecule has 8 heteroatoms. The van der Waals surface area contributed by atoms with Gasteiger partial charge in [0.2, 0.25) is 5.28 Å². The predicted octanol–water partition coefficient (Wildman–Crippen LogP) is 5.83. The number of rotatable bonds is 4. The predicted molar refractivity (Wildman–Crippen MR) is 121 cm³/mol. The van der Waals surface area contributed by atoms with Crippen molar-refractivity contribution in [3.8, 4) is 5.75 Å². The van der Waals surface area contributed by atoms with E-state index < -0.39 is 11.9 Å². The molecule has 0 bridgehead atoms. The minimum atomic E-state index is -0.641. The van der Waals surface area contributed by atoms with Crippen LogP contribution in [0.3, 0.4) is 0 Å². The number of ether oxygens (including phenoxy) is 1. The van der Waals surface area contributed by atoms with Gasteiger partial charge in [0.25, 0.3) is 5.91 Å². The summed E-state index contributed by atoms with van der Waals surface area (Å²) >= 11 is 12.6. The second-order valence-electron chi connectivity index (χ2n) is 7.45. The van der Waals surface area contributed by atoms with Crippen LogP contribution < -0.4 is 4.74 Å². The molecule has 3 aromatic carbocycles. The number of aromatic nitrogens is 2. The Morgan fingerprint density at radius 1 is 1.09 bits per heavy atom. The van der Waals surface area contributed by atoms with Gasteiger partial charge in [0, 0.05) is 39.8 Å². The average molecular weight is 468 g/mol. The molecule has 32 heavy (non-hydrogen) atoms. The van der Waals surface area contributed by atoms with Crippen LogP contribution in [0.4, 0.5) is 4.39 Å². The van der Waals surface area contributed by atoms with Gasteiger partial charge in [-0.15, -0.1) is 0 Å². The first kappa shape index (κ1) is 20.7. The quantitative estimate of drug-likeness (QED) is 0.354. The van der Waals surface area contributed by atoms with Crippen molar-refractivity contribution in [3.05, 3.63) is 99.2 Å². The van der Waals surface area contributed by atoms with Gasteiger partial charge < -0.3 is 9.64 Å². The number of fused-ring (bicyclic) bond motifs is 3. The summed E-state index contributed by atoms with van der Waals surface area (Å²) in [5.74, 6) is 0.0761. The highest BCUT2D eigenvalue weighted by Crippen LogP contribution is 2.45. The SMILES string of the molecule is COc1ccc(CN2C(=O)c3ccc4cnc(Cl)nc4c3C2c2cc(F)ccc2Cl)cc1. The van der Waals surface area contributed by atoms with Gasteiger partial charge in [-0.1, -0.05) is 29.8 Å². The topological polar surface area (TPSA) is 55.3 Å². The van der Waals surface area contributed by atoms with Crippen molar-refractivity contribution in [2.24, 2.45) is 0 Å². The van der Waals surface area contributed by atoms with Gasteiger partial charge in [0.05, 0.1) is 18.7 Å². The second kappa shape index (κ2) is 8.04. The number of methoxy groups -OCH3 is 1. The molecule has 0 spiro atoms. The summed E-state index contributed by atoms with van der Waals surface area (Å²) in [6.45, 7) is 0.287. The molecule has 1 amide bonds. The molecule has 0 saturated heterocycles. The first-order chi connectivity index (χ1) is 15.5. The maximum atomic E-state index is 14.3. The molecule has 1 aromatic heterocycles. The van der Waals surface area contributed by atoms with E-state index in [1.54, 1.807) is 30.3 Å². The summed E-state index contributed by atoms with van der Waals surface area (Å²) in [7, 11) is 1.59. The molecule has 0 radical (unpaired) electrons. The van der Waals surface area contributed by atoms with Crippen LogP contribution >= 0.6 is 23.2 Å². The average Bonchev–Trinajstić information content (AvgIpc) is 3.07. The van der Waals surface area contributed by atoms with Gasteiger partial charge >= 0.3 is 0 Å². The second-order valence-corrected chi connectivity index (χ2v) is 8.20. The van der Waals surface area contributed by atoms with E-state index in [1.165, 1.54) is 18.2 Å². The van der Waals surface area contributed by atoms with E-state index in [0.717, 1.165) is 10.9 Å². The van der Waals surface area contributed by atoms with Gasteiger partial charge in [-0.25, -0.2) is 14.4 Å². The third-order valence-corrected chi connectivity index (χ3v) is 6.13. The lowest BCUT2D eigenvalue weighted by Crippen LogP contribution is -2.28. The minimum absolute atomic E-state index is 0.0658. The Bertz CT molecular complexity index is 1360. The van der Waals surface area contributed by atoms with Crippen LogP contribution in [0.1, 0.15) is 33.1 Å². The zero-order valence-corrected chi connectivity index (χ0v) is 18.4. The molecule has 1 aliphatic rings. The number of halogens is 3. The van der Waals surface area contributed by atoms with Crippen molar-refractivity contribution < 1.29 is 13.9 Å². The molecule has 1 unspecified atom stereocenters. The van der Waals surface area contributed by atoms with E-state index in [4.69, 9.17) is 27.9 Å². The number of benzene rings is 3. The summed E-state index contributed by atoms with van der Waals surface area (Å²) in [6.07, 6.45) is 1.60. The Balaban J connectivity index is 1.71. The molecule has 0 aliphatic carbocycles. The van der Waals surface area contributed by atoms with Crippen LogP contribution in [0.5, 0.6) is 5.75 Å². The van der Waals surface area contributed by atoms with E-state index in [9.17, 15) is 9.18 Å². The maximum Gasteiger partial charge on any atom is 0.255 e. The van der Waals surface area contributed by atoms with Crippen molar-refractivity contribution in [3.63, 3.8) is 0 Å². The number of carbonyl (C=O) groups excluding carboxylic acids is 1. The number of hydrogen-bond acceptors (Lipinski definition) is 4. The van der Waals surface area contributed by atoms with Crippen LogP contribution in [-0.4, -0.2) is 27.9 Å². The lowest BCUT2D eigenvalue weighted by molar-refractivity contribution is 0.0736. The first-order valence-corrected chi connectivity index (χ1v) is 10.6.